The summed E-state index contributed by atoms with van der Waals surface area (Å²) < 4.78 is 0. The fraction of sp³-hybridized carbons (Fsp3) is 0.0714. The molecular formula is C14H10. The molecule has 0 unspecified atom stereocenters. The van der Waals surface area contributed by atoms with E-state index in [0.717, 1.165) is 6.42 Å². The largest absolute Gasteiger partial charge is 0.0830 e. The van der Waals surface area contributed by atoms with Crippen LogP contribution in [0.25, 0.3) is 16.8 Å². The van der Waals surface area contributed by atoms with Gasteiger partial charge in [0.1, 0.15) is 0 Å². The minimum absolute atomic E-state index is 0.936. The minimum atomic E-state index is 0.936. The van der Waals surface area contributed by atoms with Crippen LogP contribution in [0, 0.1) is 6.42 Å². The van der Waals surface area contributed by atoms with Crippen molar-refractivity contribution in [2.24, 2.45) is 0 Å². The third-order valence-corrected chi connectivity index (χ3v) is 2.63. The predicted octanol–water partition coefficient (Wildman–Crippen LogP) is 3.69. The molecule has 0 saturated heterocycles. The second-order valence-corrected chi connectivity index (χ2v) is 3.57. The predicted molar refractivity (Wildman–Crippen MR) is 59.9 cm³/mol. The smallest absolute Gasteiger partial charge is 0.0212 e. The lowest BCUT2D eigenvalue weighted by atomic mass is 9.94. The zero-order valence-corrected chi connectivity index (χ0v) is 7.83. The lowest BCUT2D eigenvalue weighted by molar-refractivity contribution is 1.22. The summed E-state index contributed by atoms with van der Waals surface area (Å²) in [5.41, 5.74) is 2.53. The molecule has 2 aromatic rings. The first-order valence-corrected chi connectivity index (χ1v) is 4.87. The van der Waals surface area contributed by atoms with E-state index in [1.54, 1.807) is 0 Å². The van der Waals surface area contributed by atoms with Crippen molar-refractivity contribution in [3.8, 4) is 0 Å². The maximum Gasteiger partial charge on any atom is 0.0212 e. The van der Waals surface area contributed by atoms with Gasteiger partial charge in [0.25, 0.3) is 0 Å². The lowest BCUT2D eigenvalue weighted by Crippen LogP contribution is -1.91. The van der Waals surface area contributed by atoms with E-state index in [1.807, 2.05) is 0 Å². The summed E-state index contributed by atoms with van der Waals surface area (Å²) in [6.45, 7) is 0. The van der Waals surface area contributed by atoms with E-state index in [4.69, 9.17) is 0 Å². The molecule has 0 amide bonds. The van der Waals surface area contributed by atoms with E-state index in [9.17, 15) is 0 Å². The number of fused-ring (bicyclic) bond motifs is 2. The van der Waals surface area contributed by atoms with Crippen LogP contribution in [0.5, 0.6) is 0 Å². The summed E-state index contributed by atoms with van der Waals surface area (Å²) >= 11 is 0. The molecule has 0 N–H and O–H groups in total. The highest BCUT2D eigenvalue weighted by Gasteiger charge is 2.05. The van der Waals surface area contributed by atoms with Crippen LogP contribution in [0.3, 0.4) is 0 Å². The Hall–Kier alpha value is -1.56. The Morgan fingerprint density at radius 3 is 2.64 bits per heavy atom. The van der Waals surface area contributed by atoms with Crippen molar-refractivity contribution in [2.75, 3.05) is 0 Å². The number of hydrogen-bond acceptors (Lipinski definition) is 0. The van der Waals surface area contributed by atoms with Gasteiger partial charge in [-0.05, 0) is 40.5 Å². The monoisotopic (exact) mass is 178 g/mol. The van der Waals surface area contributed by atoms with E-state index in [1.165, 1.54) is 21.9 Å². The van der Waals surface area contributed by atoms with Crippen LogP contribution < -0.4 is 0 Å². The first kappa shape index (κ1) is 7.81. The van der Waals surface area contributed by atoms with Crippen molar-refractivity contribution >= 4 is 16.8 Å². The zero-order valence-electron chi connectivity index (χ0n) is 7.83. The van der Waals surface area contributed by atoms with Crippen LogP contribution >= 0.6 is 0 Å². The molecule has 0 atom stereocenters. The van der Waals surface area contributed by atoms with Crippen molar-refractivity contribution in [1.82, 2.24) is 0 Å². The summed E-state index contributed by atoms with van der Waals surface area (Å²) in [5.74, 6) is 0. The van der Waals surface area contributed by atoms with Gasteiger partial charge in [0.15, 0.2) is 0 Å². The summed E-state index contributed by atoms with van der Waals surface area (Å²) in [6, 6.07) is 12.9. The van der Waals surface area contributed by atoms with Crippen LogP contribution in [-0.2, 0) is 0 Å². The van der Waals surface area contributed by atoms with Gasteiger partial charge in [-0.15, -0.1) is 0 Å². The molecule has 3 rings (SSSR count). The van der Waals surface area contributed by atoms with E-state index in [-0.39, 0.29) is 0 Å². The number of rotatable bonds is 0. The summed E-state index contributed by atoms with van der Waals surface area (Å²) in [7, 11) is 0. The van der Waals surface area contributed by atoms with Crippen LogP contribution in [0.15, 0.2) is 42.5 Å². The first-order chi connectivity index (χ1) is 6.93. The minimum Gasteiger partial charge on any atom is -0.0830 e. The van der Waals surface area contributed by atoms with Crippen molar-refractivity contribution in [1.29, 1.82) is 0 Å². The molecule has 14 heavy (non-hydrogen) atoms. The average molecular weight is 178 g/mol. The Morgan fingerprint density at radius 2 is 1.79 bits per heavy atom. The summed E-state index contributed by atoms with van der Waals surface area (Å²) in [6.07, 6.45) is 8.63. The topological polar surface area (TPSA) is 0 Å². The maximum atomic E-state index is 3.37. The Balaban J connectivity index is 2.34. The molecular weight excluding hydrogens is 168 g/mol. The molecule has 0 aromatic heterocycles. The zero-order chi connectivity index (χ0) is 9.38. The molecule has 0 spiro atoms. The first-order valence-electron chi connectivity index (χ1n) is 4.87. The van der Waals surface area contributed by atoms with Crippen LogP contribution in [0.1, 0.15) is 17.5 Å². The van der Waals surface area contributed by atoms with E-state index < -0.39 is 0 Å². The second-order valence-electron chi connectivity index (χ2n) is 3.57. The Labute approximate surface area is 83.9 Å². The lowest BCUT2D eigenvalue weighted by Gasteiger charge is -2.10. The van der Waals surface area contributed by atoms with Gasteiger partial charge >= 0.3 is 0 Å². The standard InChI is InChI=1S/C14H10/c1-2-6-12-10-14-8-4-3-7-13(14)9-11(12)5-1/h1-3,5-7,9-10H,4H2. The van der Waals surface area contributed by atoms with Crippen LogP contribution in [0.2, 0.25) is 0 Å². The van der Waals surface area contributed by atoms with Crippen molar-refractivity contribution in [3.63, 3.8) is 0 Å². The third kappa shape index (κ3) is 1.15. The Morgan fingerprint density at radius 1 is 1.00 bits per heavy atom. The van der Waals surface area contributed by atoms with Gasteiger partial charge < -0.3 is 0 Å². The number of allylic oxidation sites excluding steroid dienone is 1. The van der Waals surface area contributed by atoms with Crippen molar-refractivity contribution in [3.05, 3.63) is 60.0 Å². The molecule has 0 heteroatoms. The molecule has 0 bridgehead atoms. The van der Waals surface area contributed by atoms with Gasteiger partial charge in [0.2, 0.25) is 0 Å². The van der Waals surface area contributed by atoms with E-state index in [0.29, 0.717) is 0 Å². The van der Waals surface area contributed by atoms with Gasteiger partial charge in [0.05, 0.1) is 0 Å². The van der Waals surface area contributed by atoms with E-state index >= 15 is 0 Å². The average Bonchev–Trinajstić information content (AvgIpc) is 2.26. The SMILES string of the molecule is [C]1CC=Cc2cc3ccccc3cc21. The van der Waals surface area contributed by atoms with Crippen LogP contribution in [-0.4, -0.2) is 0 Å². The second kappa shape index (κ2) is 2.98. The van der Waals surface area contributed by atoms with Crippen molar-refractivity contribution in [2.45, 2.75) is 6.42 Å². The molecule has 0 fully saturated rings. The Kier molecular flexibility index (Phi) is 1.66. The normalized spacial score (nSPS) is 14.3. The third-order valence-electron chi connectivity index (χ3n) is 2.63. The molecule has 1 aliphatic rings. The molecule has 66 valence electrons. The molecule has 1 aliphatic carbocycles. The highest BCUT2D eigenvalue weighted by Crippen LogP contribution is 2.26. The van der Waals surface area contributed by atoms with Gasteiger partial charge in [-0.3, -0.25) is 0 Å². The van der Waals surface area contributed by atoms with Gasteiger partial charge in [-0.2, -0.15) is 0 Å². The molecule has 0 aliphatic heterocycles. The molecule has 0 nitrogen and oxygen atoms in total. The highest BCUT2D eigenvalue weighted by molar-refractivity contribution is 5.86. The fourth-order valence-corrected chi connectivity index (χ4v) is 1.90. The maximum absolute atomic E-state index is 3.37. The quantitative estimate of drug-likeness (QED) is 0.577. The van der Waals surface area contributed by atoms with Gasteiger partial charge in [-0.25, -0.2) is 0 Å². The molecule has 0 saturated carbocycles. The fourth-order valence-electron chi connectivity index (χ4n) is 1.90. The molecule has 0 heterocycles. The molecule has 2 radical (unpaired) electrons. The summed E-state index contributed by atoms with van der Waals surface area (Å²) in [4.78, 5) is 0. The number of benzene rings is 2. The van der Waals surface area contributed by atoms with Crippen molar-refractivity contribution < 1.29 is 0 Å². The van der Waals surface area contributed by atoms with E-state index in [2.05, 4.69) is 55.0 Å². The van der Waals surface area contributed by atoms with Gasteiger partial charge in [0, 0.05) is 6.42 Å². The molecule has 2 aromatic carbocycles. The highest BCUT2D eigenvalue weighted by atomic mass is 14.1. The van der Waals surface area contributed by atoms with Gasteiger partial charge in [-0.1, -0.05) is 36.4 Å². The number of hydrogen-bond donors (Lipinski definition) is 0. The van der Waals surface area contributed by atoms with Crippen LogP contribution in [0.4, 0.5) is 0 Å². The Bertz CT molecular complexity index is 506. The summed E-state index contributed by atoms with van der Waals surface area (Å²) in [5, 5.41) is 2.61.